The number of ether oxygens (including phenoxy) is 1. The van der Waals surface area contributed by atoms with Crippen molar-refractivity contribution >= 4 is 5.96 Å². The van der Waals surface area contributed by atoms with Gasteiger partial charge in [0.25, 0.3) is 0 Å². The second-order valence-electron chi connectivity index (χ2n) is 6.24. The SMILES string of the molecule is CCNC(=NCC(C)c1c(C)noc1C)NCCN1CCOCC1. The largest absolute Gasteiger partial charge is 0.379 e. The molecule has 1 unspecified atom stereocenters. The summed E-state index contributed by atoms with van der Waals surface area (Å²) in [5, 5.41) is 10.8. The van der Waals surface area contributed by atoms with Gasteiger partial charge in [0, 0.05) is 50.7 Å². The van der Waals surface area contributed by atoms with Gasteiger partial charge in [-0.15, -0.1) is 0 Å². The van der Waals surface area contributed by atoms with Gasteiger partial charge >= 0.3 is 0 Å². The lowest BCUT2D eigenvalue weighted by molar-refractivity contribution is 0.0389. The van der Waals surface area contributed by atoms with E-state index in [-0.39, 0.29) is 5.92 Å². The molecule has 7 heteroatoms. The zero-order valence-electron chi connectivity index (χ0n) is 15.4. The molecule has 2 heterocycles. The predicted molar refractivity (Wildman–Crippen MR) is 95.6 cm³/mol. The summed E-state index contributed by atoms with van der Waals surface area (Å²) in [6.45, 7) is 15.3. The number of hydrogen-bond acceptors (Lipinski definition) is 5. The van der Waals surface area contributed by atoms with E-state index in [4.69, 9.17) is 14.3 Å². The summed E-state index contributed by atoms with van der Waals surface area (Å²) in [6, 6.07) is 0. The van der Waals surface area contributed by atoms with Crippen molar-refractivity contribution in [1.29, 1.82) is 0 Å². The highest BCUT2D eigenvalue weighted by molar-refractivity contribution is 5.79. The fourth-order valence-corrected chi connectivity index (χ4v) is 3.01. The molecule has 24 heavy (non-hydrogen) atoms. The summed E-state index contributed by atoms with van der Waals surface area (Å²) < 4.78 is 10.6. The molecule has 0 amide bonds. The van der Waals surface area contributed by atoms with E-state index in [1.807, 2.05) is 13.8 Å². The van der Waals surface area contributed by atoms with Gasteiger partial charge in [0.15, 0.2) is 5.96 Å². The summed E-state index contributed by atoms with van der Waals surface area (Å²) in [5.74, 6) is 2.04. The fourth-order valence-electron chi connectivity index (χ4n) is 3.01. The maximum Gasteiger partial charge on any atom is 0.191 e. The Morgan fingerprint density at radius 3 is 2.67 bits per heavy atom. The van der Waals surface area contributed by atoms with Crippen molar-refractivity contribution in [3.05, 3.63) is 17.0 Å². The van der Waals surface area contributed by atoms with Crippen LogP contribution in [0.25, 0.3) is 0 Å². The highest BCUT2D eigenvalue weighted by Gasteiger charge is 2.16. The van der Waals surface area contributed by atoms with Crippen LogP contribution in [0.4, 0.5) is 0 Å². The van der Waals surface area contributed by atoms with E-state index in [2.05, 4.69) is 34.5 Å². The molecule has 1 saturated heterocycles. The Morgan fingerprint density at radius 2 is 2.04 bits per heavy atom. The van der Waals surface area contributed by atoms with E-state index in [9.17, 15) is 0 Å². The van der Waals surface area contributed by atoms with Crippen LogP contribution in [0, 0.1) is 13.8 Å². The number of aliphatic imine (C=N–C) groups is 1. The van der Waals surface area contributed by atoms with Crippen LogP contribution in [-0.4, -0.2) is 68.5 Å². The summed E-state index contributed by atoms with van der Waals surface area (Å²) >= 11 is 0. The molecule has 0 bridgehead atoms. The first-order valence-electron chi connectivity index (χ1n) is 8.86. The first kappa shape index (κ1) is 18.7. The monoisotopic (exact) mass is 337 g/mol. The van der Waals surface area contributed by atoms with E-state index in [0.717, 1.165) is 63.4 Å². The molecule has 0 aliphatic carbocycles. The molecule has 1 fully saturated rings. The van der Waals surface area contributed by atoms with Crippen molar-refractivity contribution in [1.82, 2.24) is 20.7 Å². The molecule has 0 saturated carbocycles. The molecule has 1 aliphatic rings. The number of aryl methyl sites for hydroxylation is 2. The van der Waals surface area contributed by atoms with Gasteiger partial charge in [0.2, 0.25) is 0 Å². The van der Waals surface area contributed by atoms with Crippen LogP contribution >= 0.6 is 0 Å². The number of guanidine groups is 1. The zero-order valence-corrected chi connectivity index (χ0v) is 15.4. The molecule has 2 N–H and O–H groups in total. The van der Waals surface area contributed by atoms with Gasteiger partial charge in [-0.05, 0) is 20.8 Å². The Balaban J connectivity index is 1.83. The average Bonchev–Trinajstić information content (AvgIpc) is 2.92. The molecule has 0 spiro atoms. The van der Waals surface area contributed by atoms with E-state index in [1.54, 1.807) is 0 Å². The van der Waals surface area contributed by atoms with Gasteiger partial charge in [0.1, 0.15) is 5.76 Å². The average molecular weight is 337 g/mol. The third-order valence-electron chi connectivity index (χ3n) is 4.27. The standard InChI is InChI=1S/C17H31N5O2/c1-5-18-17(19-6-7-22-8-10-23-11-9-22)20-12-13(2)16-14(3)21-24-15(16)4/h13H,5-12H2,1-4H3,(H2,18,19,20). The van der Waals surface area contributed by atoms with Gasteiger partial charge in [-0.1, -0.05) is 12.1 Å². The number of rotatable bonds is 7. The summed E-state index contributed by atoms with van der Waals surface area (Å²) in [4.78, 5) is 7.13. The second-order valence-corrected chi connectivity index (χ2v) is 6.24. The first-order valence-corrected chi connectivity index (χ1v) is 8.86. The minimum absolute atomic E-state index is 0.283. The van der Waals surface area contributed by atoms with Gasteiger partial charge in [0.05, 0.1) is 18.9 Å². The molecule has 136 valence electrons. The van der Waals surface area contributed by atoms with Gasteiger partial charge in [-0.3, -0.25) is 9.89 Å². The van der Waals surface area contributed by atoms with Crippen LogP contribution in [0.3, 0.4) is 0 Å². The van der Waals surface area contributed by atoms with E-state index < -0.39 is 0 Å². The van der Waals surface area contributed by atoms with Gasteiger partial charge in [-0.2, -0.15) is 0 Å². The third-order valence-corrected chi connectivity index (χ3v) is 4.27. The minimum atomic E-state index is 0.283. The van der Waals surface area contributed by atoms with Crippen molar-refractivity contribution in [2.24, 2.45) is 4.99 Å². The Hall–Kier alpha value is -1.60. The van der Waals surface area contributed by atoms with Crippen molar-refractivity contribution in [3.63, 3.8) is 0 Å². The van der Waals surface area contributed by atoms with Crippen LogP contribution in [0.2, 0.25) is 0 Å². The normalized spacial score (nSPS) is 17.8. The molecule has 1 atom stereocenters. The van der Waals surface area contributed by atoms with Crippen LogP contribution in [-0.2, 0) is 4.74 Å². The molecule has 1 aromatic rings. The lowest BCUT2D eigenvalue weighted by Crippen LogP contribution is -2.44. The van der Waals surface area contributed by atoms with Gasteiger partial charge in [-0.25, -0.2) is 0 Å². The predicted octanol–water partition coefficient (Wildman–Crippen LogP) is 1.28. The van der Waals surface area contributed by atoms with E-state index in [0.29, 0.717) is 6.54 Å². The number of morpholine rings is 1. The number of aromatic nitrogens is 1. The lowest BCUT2D eigenvalue weighted by Gasteiger charge is -2.26. The van der Waals surface area contributed by atoms with Crippen LogP contribution < -0.4 is 10.6 Å². The third kappa shape index (κ3) is 5.49. The number of nitrogens with zero attached hydrogens (tertiary/aromatic N) is 3. The topological polar surface area (TPSA) is 74.9 Å². The van der Waals surface area contributed by atoms with Crippen LogP contribution in [0.5, 0.6) is 0 Å². The van der Waals surface area contributed by atoms with E-state index in [1.165, 1.54) is 5.56 Å². The smallest absolute Gasteiger partial charge is 0.191 e. The maximum absolute atomic E-state index is 5.37. The highest BCUT2D eigenvalue weighted by Crippen LogP contribution is 2.23. The summed E-state index contributed by atoms with van der Waals surface area (Å²) in [5.41, 5.74) is 2.13. The Morgan fingerprint density at radius 1 is 1.29 bits per heavy atom. The molecule has 1 aliphatic heterocycles. The maximum atomic E-state index is 5.37. The van der Waals surface area contributed by atoms with Crippen LogP contribution in [0.15, 0.2) is 9.52 Å². The Bertz CT molecular complexity index is 504. The molecule has 1 aromatic heterocycles. The fraction of sp³-hybridized carbons (Fsp3) is 0.765. The van der Waals surface area contributed by atoms with E-state index >= 15 is 0 Å². The van der Waals surface area contributed by atoms with Gasteiger partial charge < -0.3 is 19.9 Å². The number of hydrogen-bond donors (Lipinski definition) is 2. The summed E-state index contributed by atoms with van der Waals surface area (Å²) in [6.07, 6.45) is 0. The first-order chi connectivity index (χ1) is 11.6. The van der Waals surface area contributed by atoms with Crippen molar-refractivity contribution < 1.29 is 9.26 Å². The lowest BCUT2D eigenvalue weighted by atomic mass is 10.00. The quantitative estimate of drug-likeness (QED) is 0.577. The zero-order chi connectivity index (χ0) is 17.4. The van der Waals surface area contributed by atoms with Crippen molar-refractivity contribution in [2.75, 3.05) is 52.5 Å². The molecule has 0 aromatic carbocycles. The Labute approximate surface area is 144 Å². The van der Waals surface area contributed by atoms with Crippen molar-refractivity contribution in [3.8, 4) is 0 Å². The summed E-state index contributed by atoms with van der Waals surface area (Å²) in [7, 11) is 0. The van der Waals surface area contributed by atoms with Crippen molar-refractivity contribution in [2.45, 2.75) is 33.6 Å². The number of nitrogens with one attached hydrogen (secondary N) is 2. The minimum Gasteiger partial charge on any atom is -0.379 e. The molecule has 7 nitrogen and oxygen atoms in total. The molecular formula is C17H31N5O2. The second kappa shape index (κ2) is 9.64. The Kier molecular flexibility index (Phi) is 7.52. The molecular weight excluding hydrogens is 306 g/mol. The van der Waals surface area contributed by atoms with Crippen LogP contribution in [0.1, 0.15) is 36.8 Å². The molecule has 0 radical (unpaired) electrons. The molecule has 2 rings (SSSR count). The highest BCUT2D eigenvalue weighted by atomic mass is 16.5.